The van der Waals surface area contributed by atoms with Crippen LogP contribution < -0.4 is 24.4 Å². The molecule has 0 saturated heterocycles. The second kappa shape index (κ2) is 10.8. The molecule has 1 N–H and O–H groups in total. The van der Waals surface area contributed by atoms with Crippen molar-refractivity contribution in [1.29, 1.82) is 0 Å². The first-order valence-corrected chi connectivity index (χ1v) is 11.7. The zero-order chi connectivity index (χ0) is 23.9. The molecule has 2 aromatic carbocycles. The topological polar surface area (TPSA) is 90.0 Å². The monoisotopic (exact) mass is 479 g/mol. The molecule has 0 atom stereocenters. The van der Waals surface area contributed by atoms with Gasteiger partial charge in [0, 0.05) is 23.9 Å². The molecular formula is C25H25N3O5S. The Kier molecular flexibility index (Phi) is 7.44. The second-order valence-corrected chi connectivity index (χ2v) is 8.34. The van der Waals surface area contributed by atoms with Crippen LogP contribution in [-0.2, 0) is 9.59 Å². The summed E-state index contributed by atoms with van der Waals surface area (Å²) in [5.41, 5.74) is 2.22. The van der Waals surface area contributed by atoms with Crippen molar-refractivity contribution in [3.8, 4) is 28.5 Å². The number of hydrogen-bond acceptors (Lipinski definition) is 7. The molecule has 0 unspecified atom stereocenters. The van der Waals surface area contributed by atoms with E-state index in [0.29, 0.717) is 48.3 Å². The summed E-state index contributed by atoms with van der Waals surface area (Å²) < 4.78 is 16.3. The van der Waals surface area contributed by atoms with E-state index in [1.54, 1.807) is 18.1 Å². The lowest BCUT2D eigenvalue weighted by Crippen LogP contribution is -2.38. The summed E-state index contributed by atoms with van der Waals surface area (Å²) in [6.07, 6.45) is 2.58. The van der Waals surface area contributed by atoms with Crippen molar-refractivity contribution in [2.24, 2.45) is 0 Å². The smallest absolute Gasteiger partial charge is 0.265 e. The number of aromatic nitrogens is 1. The quantitative estimate of drug-likeness (QED) is 0.340. The third-order valence-electron chi connectivity index (χ3n) is 5.14. The van der Waals surface area contributed by atoms with Gasteiger partial charge in [0.2, 0.25) is 5.91 Å². The molecule has 34 heavy (non-hydrogen) atoms. The number of fused-ring (bicyclic) bond motifs is 1. The van der Waals surface area contributed by atoms with Gasteiger partial charge < -0.3 is 24.4 Å². The van der Waals surface area contributed by atoms with Crippen molar-refractivity contribution in [1.82, 2.24) is 4.98 Å². The van der Waals surface area contributed by atoms with Crippen LogP contribution in [-0.4, -0.2) is 43.7 Å². The molecule has 8 nitrogen and oxygen atoms in total. The molecule has 0 spiro atoms. The van der Waals surface area contributed by atoms with Gasteiger partial charge in [-0.15, -0.1) is 17.9 Å². The van der Waals surface area contributed by atoms with Gasteiger partial charge in [0.25, 0.3) is 5.91 Å². The third-order valence-corrected chi connectivity index (χ3v) is 5.89. The molecule has 0 saturated carbocycles. The predicted molar refractivity (Wildman–Crippen MR) is 132 cm³/mol. The summed E-state index contributed by atoms with van der Waals surface area (Å²) in [6, 6.07) is 12.9. The second-order valence-electron chi connectivity index (χ2n) is 7.48. The van der Waals surface area contributed by atoms with E-state index in [9.17, 15) is 9.59 Å². The average Bonchev–Trinajstić information content (AvgIpc) is 3.32. The normalized spacial score (nSPS) is 12.5. The molecule has 3 aromatic rings. The van der Waals surface area contributed by atoms with Crippen molar-refractivity contribution < 1.29 is 23.8 Å². The minimum absolute atomic E-state index is 0.0121. The standard InChI is InChI=1S/C25H25N3O5S/c1-3-12-28-21-14-17(6-11-22(21)33-15-24(28)30)20-16-34-25(26-20)27-23(29)5-4-13-32-19-9-7-18(31-2)8-10-19/h3,6-11,14,16H,1,4-5,12-13,15H2,2H3,(H,26,27,29). The van der Waals surface area contributed by atoms with Crippen LogP contribution in [0, 0.1) is 0 Å². The fraction of sp³-hybridized carbons (Fsp3) is 0.240. The molecule has 176 valence electrons. The van der Waals surface area contributed by atoms with E-state index in [2.05, 4.69) is 16.9 Å². The van der Waals surface area contributed by atoms with Gasteiger partial charge in [-0.2, -0.15) is 0 Å². The Morgan fingerprint density at radius 3 is 2.82 bits per heavy atom. The molecule has 4 rings (SSSR count). The zero-order valence-corrected chi connectivity index (χ0v) is 19.6. The van der Waals surface area contributed by atoms with Crippen molar-refractivity contribution in [3.63, 3.8) is 0 Å². The van der Waals surface area contributed by atoms with Crippen LogP contribution in [0.3, 0.4) is 0 Å². The summed E-state index contributed by atoms with van der Waals surface area (Å²) in [4.78, 5) is 30.7. The van der Waals surface area contributed by atoms with Gasteiger partial charge in [0.15, 0.2) is 11.7 Å². The fourth-order valence-corrected chi connectivity index (χ4v) is 4.17. The van der Waals surface area contributed by atoms with Crippen LogP contribution in [0.25, 0.3) is 11.3 Å². The van der Waals surface area contributed by atoms with Crippen LogP contribution in [0.2, 0.25) is 0 Å². The molecule has 0 fully saturated rings. The van der Waals surface area contributed by atoms with Crippen LogP contribution in [0.5, 0.6) is 17.2 Å². The van der Waals surface area contributed by atoms with Crippen LogP contribution in [0.4, 0.5) is 10.8 Å². The molecule has 1 aromatic heterocycles. The highest BCUT2D eigenvalue weighted by Gasteiger charge is 2.25. The summed E-state index contributed by atoms with van der Waals surface area (Å²) in [6.45, 7) is 4.57. The lowest BCUT2D eigenvalue weighted by atomic mass is 10.1. The molecule has 0 aliphatic carbocycles. The molecule has 0 radical (unpaired) electrons. The molecular weight excluding hydrogens is 454 g/mol. The molecule has 1 aliphatic heterocycles. The predicted octanol–water partition coefficient (Wildman–Crippen LogP) is 4.53. The van der Waals surface area contributed by atoms with Crippen LogP contribution in [0.15, 0.2) is 60.5 Å². The third kappa shape index (κ3) is 5.55. The van der Waals surface area contributed by atoms with E-state index < -0.39 is 0 Å². The number of methoxy groups -OCH3 is 1. The number of carbonyl (C=O) groups is 2. The maximum absolute atomic E-state index is 12.3. The zero-order valence-electron chi connectivity index (χ0n) is 18.8. The summed E-state index contributed by atoms with van der Waals surface area (Å²) in [5.74, 6) is 1.90. The number of nitrogens with zero attached hydrogens (tertiary/aromatic N) is 2. The Morgan fingerprint density at radius 2 is 2.06 bits per heavy atom. The average molecular weight is 480 g/mol. The number of ether oxygens (including phenoxy) is 3. The number of hydrogen-bond donors (Lipinski definition) is 1. The highest BCUT2D eigenvalue weighted by atomic mass is 32.1. The lowest BCUT2D eigenvalue weighted by Gasteiger charge is -2.28. The van der Waals surface area contributed by atoms with E-state index >= 15 is 0 Å². The van der Waals surface area contributed by atoms with Crippen molar-refractivity contribution >= 4 is 34.0 Å². The maximum Gasteiger partial charge on any atom is 0.265 e. The van der Waals surface area contributed by atoms with E-state index in [4.69, 9.17) is 14.2 Å². The Morgan fingerprint density at radius 1 is 1.26 bits per heavy atom. The number of rotatable bonds is 10. The van der Waals surface area contributed by atoms with Gasteiger partial charge in [0.1, 0.15) is 17.2 Å². The van der Waals surface area contributed by atoms with E-state index in [1.165, 1.54) is 11.3 Å². The minimum Gasteiger partial charge on any atom is -0.497 e. The molecule has 0 bridgehead atoms. The summed E-state index contributed by atoms with van der Waals surface area (Å²) in [5, 5.41) is 5.22. The summed E-state index contributed by atoms with van der Waals surface area (Å²) >= 11 is 1.35. The van der Waals surface area contributed by atoms with E-state index in [1.807, 2.05) is 47.8 Å². The largest absolute Gasteiger partial charge is 0.497 e. The Bertz CT molecular complexity index is 1180. The molecule has 2 amide bonds. The minimum atomic E-state index is -0.124. The van der Waals surface area contributed by atoms with Crippen molar-refractivity contribution in [2.45, 2.75) is 12.8 Å². The number of anilines is 2. The Hall–Kier alpha value is -3.85. The molecule has 1 aliphatic rings. The van der Waals surface area contributed by atoms with Gasteiger partial charge in [-0.1, -0.05) is 6.08 Å². The van der Waals surface area contributed by atoms with Crippen molar-refractivity contribution in [2.75, 3.05) is 37.1 Å². The SMILES string of the molecule is C=CCN1C(=O)COc2ccc(-c3csc(NC(=O)CCCOc4ccc(OC)cc4)n3)cc21. The Balaban J connectivity index is 1.31. The number of thiazole rings is 1. The highest BCUT2D eigenvalue weighted by Crippen LogP contribution is 2.36. The van der Waals surface area contributed by atoms with Crippen LogP contribution >= 0.6 is 11.3 Å². The first kappa shape index (κ1) is 23.3. The lowest BCUT2D eigenvalue weighted by molar-refractivity contribution is -0.121. The number of nitrogens with one attached hydrogen (secondary N) is 1. The fourth-order valence-electron chi connectivity index (χ4n) is 3.43. The van der Waals surface area contributed by atoms with E-state index in [-0.39, 0.29) is 18.4 Å². The number of amides is 2. The molecule has 9 heteroatoms. The number of carbonyl (C=O) groups excluding carboxylic acids is 2. The first-order chi connectivity index (χ1) is 16.6. The van der Waals surface area contributed by atoms with Gasteiger partial charge in [-0.3, -0.25) is 9.59 Å². The first-order valence-electron chi connectivity index (χ1n) is 10.8. The van der Waals surface area contributed by atoms with E-state index in [0.717, 1.165) is 17.1 Å². The number of benzene rings is 2. The van der Waals surface area contributed by atoms with Crippen molar-refractivity contribution in [3.05, 3.63) is 60.5 Å². The summed E-state index contributed by atoms with van der Waals surface area (Å²) in [7, 11) is 1.61. The molecule has 2 heterocycles. The maximum atomic E-state index is 12.3. The van der Waals surface area contributed by atoms with Gasteiger partial charge >= 0.3 is 0 Å². The van der Waals surface area contributed by atoms with Gasteiger partial charge in [-0.05, 0) is 48.9 Å². The van der Waals surface area contributed by atoms with Gasteiger partial charge in [-0.25, -0.2) is 4.98 Å². The highest BCUT2D eigenvalue weighted by molar-refractivity contribution is 7.14. The Labute approximate surface area is 201 Å². The van der Waals surface area contributed by atoms with Crippen LogP contribution in [0.1, 0.15) is 12.8 Å². The van der Waals surface area contributed by atoms with Gasteiger partial charge in [0.05, 0.1) is 25.1 Å².